The number of nitrogens with zero attached hydrogens (tertiary/aromatic N) is 1. The van der Waals surface area contributed by atoms with Crippen LogP contribution in [0.3, 0.4) is 0 Å². The number of aliphatic hydroxyl groups is 1. The van der Waals surface area contributed by atoms with E-state index in [9.17, 15) is 9.90 Å². The molecule has 0 aromatic heterocycles. The molecular formula is C18H30N2O2. The fourth-order valence-corrected chi connectivity index (χ4v) is 2.11. The molecule has 4 nitrogen and oxygen atoms in total. The van der Waals surface area contributed by atoms with Crippen molar-refractivity contribution in [2.75, 3.05) is 25.5 Å². The van der Waals surface area contributed by atoms with Crippen LogP contribution in [0, 0.1) is 12.3 Å². The van der Waals surface area contributed by atoms with Crippen LogP contribution in [-0.4, -0.2) is 42.2 Å². The molecule has 1 amide bonds. The lowest BCUT2D eigenvalue weighted by molar-refractivity contribution is 0.0768. The molecule has 0 saturated heterocycles. The third-order valence-electron chi connectivity index (χ3n) is 3.60. The molecule has 1 atom stereocenters. The molecule has 1 aromatic rings. The molecule has 2 N–H and O–H groups in total. The zero-order valence-corrected chi connectivity index (χ0v) is 14.7. The van der Waals surface area contributed by atoms with Crippen molar-refractivity contribution >= 4 is 11.6 Å². The van der Waals surface area contributed by atoms with Crippen molar-refractivity contribution < 1.29 is 9.90 Å². The summed E-state index contributed by atoms with van der Waals surface area (Å²) in [5, 5.41) is 12.8. The maximum absolute atomic E-state index is 12.5. The highest BCUT2D eigenvalue weighted by molar-refractivity contribution is 5.96. The van der Waals surface area contributed by atoms with E-state index in [1.165, 1.54) is 0 Å². The van der Waals surface area contributed by atoms with Gasteiger partial charge in [-0.05, 0) is 43.4 Å². The topological polar surface area (TPSA) is 52.6 Å². The first-order valence-electron chi connectivity index (χ1n) is 7.89. The van der Waals surface area contributed by atoms with Crippen LogP contribution >= 0.6 is 0 Å². The number of hydrogen-bond donors (Lipinski definition) is 2. The number of aliphatic hydroxyl groups excluding tert-OH is 1. The van der Waals surface area contributed by atoms with E-state index >= 15 is 0 Å². The standard InChI is InChI=1S/C18H30N2O2/c1-13(21)10-11-20(6)17(22)15-8-7-9-16(14(15)2)19-12-18(3,4)5/h7-9,13,19,21H,10-12H2,1-6H3. The Labute approximate surface area is 134 Å². The lowest BCUT2D eigenvalue weighted by Crippen LogP contribution is -2.30. The quantitative estimate of drug-likeness (QED) is 0.848. The van der Waals surface area contributed by atoms with Gasteiger partial charge in [-0.1, -0.05) is 26.8 Å². The van der Waals surface area contributed by atoms with Crippen LogP contribution in [0.5, 0.6) is 0 Å². The summed E-state index contributed by atoms with van der Waals surface area (Å²) in [6.07, 6.45) is 0.194. The van der Waals surface area contributed by atoms with Crippen LogP contribution in [-0.2, 0) is 0 Å². The lowest BCUT2D eigenvalue weighted by atomic mass is 9.96. The molecule has 1 rings (SSSR count). The van der Waals surface area contributed by atoms with E-state index in [0.717, 1.165) is 17.8 Å². The number of carbonyl (C=O) groups excluding carboxylic acids is 1. The highest BCUT2D eigenvalue weighted by Gasteiger charge is 2.17. The van der Waals surface area contributed by atoms with Crippen LogP contribution < -0.4 is 5.32 Å². The SMILES string of the molecule is Cc1c(NCC(C)(C)C)cccc1C(=O)N(C)CCC(C)O. The number of amides is 1. The average Bonchev–Trinajstić information content (AvgIpc) is 2.42. The summed E-state index contributed by atoms with van der Waals surface area (Å²) in [6.45, 7) is 11.6. The van der Waals surface area contributed by atoms with Crippen molar-refractivity contribution in [3.8, 4) is 0 Å². The molecule has 1 aromatic carbocycles. The monoisotopic (exact) mass is 306 g/mol. The predicted octanol–water partition coefficient (Wildman–Crippen LogP) is 3.30. The van der Waals surface area contributed by atoms with Gasteiger partial charge >= 0.3 is 0 Å². The highest BCUT2D eigenvalue weighted by Crippen LogP contribution is 2.22. The van der Waals surface area contributed by atoms with Gasteiger partial charge in [-0.25, -0.2) is 0 Å². The summed E-state index contributed by atoms with van der Waals surface area (Å²) in [7, 11) is 1.78. The number of rotatable bonds is 6. The number of nitrogens with one attached hydrogen (secondary N) is 1. The molecule has 0 bridgehead atoms. The minimum Gasteiger partial charge on any atom is -0.393 e. The second-order valence-corrected chi connectivity index (χ2v) is 7.26. The molecule has 0 radical (unpaired) electrons. The highest BCUT2D eigenvalue weighted by atomic mass is 16.3. The maximum atomic E-state index is 12.5. The van der Waals surface area contributed by atoms with Crippen LogP contribution in [0.1, 0.15) is 50.0 Å². The van der Waals surface area contributed by atoms with Crippen LogP contribution in [0.4, 0.5) is 5.69 Å². The zero-order valence-electron chi connectivity index (χ0n) is 14.7. The number of hydrogen-bond acceptors (Lipinski definition) is 3. The lowest BCUT2D eigenvalue weighted by Gasteiger charge is -2.23. The molecule has 0 saturated carbocycles. The van der Waals surface area contributed by atoms with Gasteiger partial charge in [0.05, 0.1) is 6.10 Å². The summed E-state index contributed by atoms with van der Waals surface area (Å²) >= 11 is 0. The first-order valence-corrected chi connectivity index (χ1v) is 7.89. The molecule has 22 heavy (non-hydrogen) atoms. The normalized spacial score (nSPS) is 12.9. The minimum atomic E-state index is -0.392. The first kappa shape index (κ1) is 18.5. The average molecular weight is 306 g/mol. The van der Waals surface area contributed by atoms with Crippen molar-refractivity contribution in [2.45, 2.75) is 47.1 Å². The van der Waals surface area contributed by atoms with Gasteiger partial charge in [0.15, 0.2) is 0 Å². The Morgan fingerprint density at radius 2 is 2.00 bits per heavy atom. The number of anilines is 1. The van der Waals surface area contributed by atoms with Gasteiger partial charge < -0.3 is 15.3 Å². The third kappa shape index (κ3) is 5.68. The molecule has 4 heteroatoms. The summed E-state index contributed by atoms with van der Waals surface area (Å²) in [5.41, 5.74) is 2.87. The van der Waals surface area contributed by atoms with Crippen LogP contribution in [0.15, 0.2) is 18.2 Å². The Kier molecular flexibility index (Phi) is 6.42. The Balaban J connectivity index is 2.85. The van der Waals surface area contributed by atoms with Gasteiger partial charge in [0.1, 0.15) is 0 Å². The van der Waals surface area contributed by atoms with Crippen molar-refractivity contribution in [1.29, 1.82) is 0 Å². The molecule has 0 spiro atoms. The van der Waals surface area contributed by atoms with Gasteiger partial charge in [0.2, 0.25) is 0 Å². The van der Waals surface area contributed by atoms with Crippen molar-refractivity contribution in [3.05, 3.63) is 29.3 Å². The maximum Gasteiger partial charge on any atom is 0.253 e. The largest absolute Gasteiger partial charge is 0.393 e. The Hall–Kier alpha value is -1.55. The Morgan fingerprint density at radius 1 is 1.36 bits per heavy atom. The Morgan fingerprint density at radius 3 is 2.55 bits per heavy atom. The van der Waals surface area contributed by atoms with Gasteiger partial charge in [0.25, 0.3) is 5.91 Å². The smallest absolute Gasteiger partial charge is 0.253 e. The molecule has 0 heterocycles. The molecule has 124 valence electrons. The van der Waals surface area contributed by atoms with Crippen molar-refractivity contribution in [3.63, 3.8) is 0 Å². The summed E-state index contributed by atoms with van der Waals surface area (Å²) < 4.78 is 0. The summed E-state index contributed by atoms with van der Waals surface area (Å²) in [6, 6.07) is 5.78. The molecule has 0 aliphatic heterocycles. The zero-order chi connectivity index (χ0) is 16.9. The van der Waals surface area contributed by atoms with Crippen molar-refractivity contribution in [2.24, 2.45) is 5.41 Å². The fraction of sp³-hybridized carbons (Fsp3) is 0.611. The van der Waals surface area contributed by atoms with Crippen LogP contribution in [0.2, 0.25) is 0 Å². The van der Waals surface area contributed by atoms with E-state index in [1.807, 2.05) is 25.1 Å². The van der Waals surface area contributed by atoms with E-state index in [4.69, 9.17) is 0 Å². The molecule has 0 aliphatic rings. The van der Waals surface area contributed by atoms with Gasteiger partial charge in [-0.2, -0.15) is 0 Å². The first-order chi connectivity index (χ1) is 10.1. The third-order valence-corrected chi connectivity index (χ3v) is 3.60. The van der Waals surface area contributed by atoms with E-state index in [2.05, 4.69) is 26.1 Å². The fourth-order valence-electron chi connectivity index (χ4n) is 2.11. The number of carbonyl (C=O) groups is 1. The van der Waals surface area contributed by atoms with Gasteiger partial charge in [0, 0.05) is 31.4 Å². The van der Waals surface area contributed by atoms with Gasteiger partial charge in [-0.3, -0.25) is 4.79 Å². The number of benzene rings is 1. The minimum absolute atomic E-state index is 0.00226. The second-order valence-electron chi connectivity index (χ2n) is 7.26. The molecular weight excluding hydrogens is 276 g/mol. The Bertz CT molecular complexity index is 504. The molecule has 0 aliphatic carbocycles. The van der Waals surface area contributed by atoms with Gasteiger partial charge in [-0.15, -0.1) is 0 Å². The summed E-state index contributed by atoms with van der Waals surface area (Å²) in [4.78, 5) is 14.2. The van der Waals surface area contributed by atoms with Crippen LogP contribution in [0.25, 0.3) is 0 Å². The molecule has 0 fully saturated rings. The van der Waals surface area contributed by atoms with Crippen molar-refractivity contribution in [1.82, 2.24) is 4.90 Å². The second kappa shape index (κ2) is 7.63. The van der Waals surface area contributed by atoms with E-state index in [-0.39, 0.29) is 11.3 Å². The van der Waals surface area contributed by atoms with E-state index in [0.29, 0.717) is 18.5 Å². The predicted molar refractivity (Wildman–Crippen MR) is 92.4 cm³/mol. The van der Waals surface area contributed by atoms with E-state index < -0.39 is 6.10 Å². The van der Waals surface area contributed by atoms with E-state index in [1.54, 1.807) is 18.9 Å². The molecule has 1 unspecified atom stereocenters. The summed E-state index contributed by atoms with van der Waals surface area (Å²) in [5.74, 6) is -0.00226.